The lowest BCUT2D eigenvalue weighted by Gasteiger charge is -2.18. The minimum Gasteiger partial charge on any atom is -0.323 e. The van der Waals surface area contributed by atoms with Crippen molar-refractivity contribution in [2.45, 2.75) is 33.1 Å². The summed E-state index contributed by atoms with van der Waals surface area (Å²) in [6.45, 7) is 8.58. The molecule has 0 aliphatic rings. The van der Waals surface area contributed by atoms with Gasteiger partial charge >= 0.3 is 0 Å². The predicted molar refractivity (Wildman–Crippen MR) is 94.0 cm³/mol. The third-order valence-corrected chi connectivity index (χ3v) is 3.52. The lowest BCUT2D eigenvalue weighted by molar-refractivity contribution is -0.111. The van der Waals surface area contributed by atoms with Gasteiger partial charge in [-0.15, -0.1) is 0 Å². The van der Waals surface area contributed by atoms with Crippen LogP contribution in [0.15, 0.2) is 54.6 Å². The molecule has 114 valence electrons. The van der Waals surface area contributed by atoms with Crippen LogP contribution in [0.4, 0.5) is 5.69 Å². The highest BCUT2D eigenvalue weighted by Crippen LogP contribution is 2.22. The minimum atomic E-state index is -0.122. The Morgan fingerprint density at radius 2 is 1.55 bits per heavy atom. The van der Waals surface area contributed by atoms with E-state index in [4.69, 9.17) is 0 Å². The van der Waals surface area contributed by atoms with E-state index in [0.717, 1.165) is 11.3 Å². The molecule has 0 aromatic heterocycles. The maximum atomic E-state index is 11.9. The predicted octanol–water partition coefficient (Wildman–Crippen LogP) is 4.94. The van der Waals surface area contributed by atoms with E-state index < -0.39 is 0 Å². The molecule has 0 atom stereocenters. The van der Waals surface area contributed by atoms with Crippen LogP contribution in [0.1, 0.15) is 37.5 Å². The molecule has 0 bridgehead atoms. The minimum absolute atomic E-state index is 0.122. The Balaban J connectivity index is 1.99. The van der Waals surface area contributed by atoms with E-state index in [1.54, 1.807) is 6.08 Å². The zero-order chi connectivity index (χ0) is 16.2. The first-order chi connectivity index (χ1) is 10.3. The van der Waals surface area contributed by atoms with Crippen LogP contribution >= 0.6 is 0 Å². The third kappa shape index (κ3) is 4.59. The van der Waals surface area contributed by atoms with Crippen molar-refractivity contribution in [2.75, 3.05) is 5.32 Å². The molecule has 22 heavy (non-hydrogen) atoms. The Morgan fingerprint density at radius 1 is 0.955 bits per heavy atom. The summed E-state index contributed by atoms with van der Waals surface area (Å²) in [7, 11) is 0. The van der Waals surface area contributed by atoms with E-state index in [9.17, 15) is 4.79 Å². The molecule has 0 fully saturated rings. The van der Waals surface area contributed by atoms with Gasteiger partial charge < -0.3 is 5.32 Å². The first-order valence-electron chi connectivity index (χ1n) is 7.51. The third-order valence-electron chi connectivity index (χ3n) is 3.52. The quantitative estimate of drug-likeness (QED) is 0.797. The van der Waals surface area contributed by atoms with Crippen molar-refractivity contribution < 1.29 is 4.79 Å². The number of rotatable bonds is 3. The van der Waals surface area contributed by atoms with Crippen LogP contribution in [0.2, 0.25) is 0 Å². The smallest absolute Gasteiger partial charge is 0.248 e. The molecule has 2 aromatic carbocycles. The van der Waals surface area contributed by atoms with Gasteiger partial charge in [-0.1, -0.05) is 62.7 Å². The largest absolute Gasteiger partial charge is 0.323 e. The second-order valence-corrected chi connectivity index (χ2v) is 6.56. The molecule has 0 aliphatic carbocycles. The summed E-state index contributed by atoms with van der Waals surface area (Å²) in [5.41, 5.74) is 4.43. The first-order valence-corrected chi connectivity index (χ1v) is 7.51. The number of carbonyl (C=O) groups excluding carboxylic acids is 1. The van der Waals surface area contributed by atoms with Crippen molar-refractivity contribution in [2.24, 2.45) is 0 Å². The number of benzene rings is 2. The second kappa shape index (κ2) is 6.61. The molecule has 0 spiro atoms. The fourth-order valence-corrected chi connectivity index (χ4v) is 2.09. The van der Waals surface area contributed by atoms with Gasteiger partial charge in [-0.3, -0.25) is 4.79 Å². The number of anilines is 1. The number of amides is 1. The molecule has 0 radical (unpaired) electrons. The molecular weight excluding hydrogens is 270 g/mol. The van der Waals surface area contributed by atoms with E-state index in [-0.39, 0.29) is 11.3 Å². The summed E-state index contributed by atoms with van der Waals surface area (Å²) in [5.74, 6) is -0.122. The average Bonchev–Trinajstić information content (AvgIpc) is 2.47. The van der Waals surface area contributed by atoms with Crippen molar-refractivity contribution in [1.29, 1.82) is 0 Å². The van der Waals surface area contributed by atoms with Gasteiger partial charge in [-0.25, -0.2) is 0 Å². The molecule has 1 N–H and O–H groups in total. The normalized spacial score (nSPS) is 11.6. The van der Waals surface area contributed by atoms with Crippen LogP contribution in [0.3, 0.4) is 0 Å². The van der Waals surface area contributed by atoms with Gasteiger partial charge in [-0.05, 0) is 41.7 Å². The van der Waals surface area contributed by atoms with Crippen molar-refractivity contribution >= 4 is 17.7 Å². The van der Waals surface area contributed by atoms with Gasteiger partial charge in [0.1, 0.15) is 0 Å². The van der Waals surface area contributed by atoms with E-state index in [0.29, 0.717) is 0 Å². The molecule has 0 unspecified atom stereocenters. The fraction of sp³-hybridized carbons (Fsp3) is 0.250. The Kier molecular flexibility index (Phi) is 4.81. The lowest BCUT2D eigenvalue weighted by atomic mass is 9.87. The standard InChI is InChI=1S/C20H23NO/c1-15-5-12-18(13-6-15)21-19(22)14-9-16-7-10-17(11-8-16)20(2,3)4/h5-14H,1-4H3,(H,21,22). The van der Waals surface area contributed by atoms with Crippen molar-refractivity contribution in [3.05, 3.63) is 71.3 Å². The van der Waals surface area contributed by atoms with Crippen LogP contribution in [0.25, 0.3) is 6.08 Å². The number of carbonyl (C=O) groups is 1. The van der Waals surface area contributed by atoms with E-state index >= 15 is 0 Å². The van der Waals surface area contributed by atoms with Crippen LogP contribution in [-0.4, -0.2) is 5.91 Å². The molecule has 0 aliphatic heterocycles. The van der Waals surface area contributed by atoms with Crippen molar-refractivity contribution in [3.63, 3.8) is 0 Å². The molecule has 0 heterocycles. The Labute approximate surface area is 132 Å². The number of hydrogen-bond acceptors (Lipinski definition) is 1. The van der Waals surface area contributed by atoms with Crippen LogP contribution in [-0.2, 0) is 10.2 Å². The number of nitrogens with one attached hydrogen (secondary N) is 1. The van der Waals surface area contributed by atoms with E-state index in [2.05, 4.69) is 38.2 Å². The SMILES string of the molecule is Cc1ccc(NC(=O)C=Cc2ccc(C(C)(C)C)cc2)cc1. The van der Waals surface area contributed by atoms with Crippen molar-refractivity contribution in [1.82, 2.24) is 0 Å². The lowest BCUT2D eigenvalue weighted by Crippen LogP contribution is -2.10. The van der Waals surface area contributed by atoms with E-state index in [1.165, 1.54) is 11.1 Å². The molecule has 2 rings (SSSR count). The van der Waals surface area contributed by atoms with Crippen molar-refractivity contribution in [3.8, 4) is 0 Å². The molecule has 0 saturated heterocycles. The van der Waals surface area contributed by atoms with Gasteiger partial charge in [0.25, 0.3) is 0 Å². The van der Waals surface area contributed by atoms with Gasteiger partial charge in [0, 0.05) is 11.8 Å². The molecule has 2 aromatic rings. The van der Waals surface area contributed by atoms with E-state index in [1.807, 2.05) is 49.4 Å². The maximum Gasteiger partial charge on any atom is 0.248 e. The number of hydrogen-bond donors (Lipinski definition) is 1. The monoisotopic (exact) mass is 293 g/mol. The summed E-state index contributed by atoms with van der Waals surface area (Å²) in [5, 5.41) is 2.85. The summed E-state index contributed by atoms with van der Waals surface area (Å²) in [6, 6.07) is 16.1. The van der Waals surface area contributed by atoms with Crippen LogP contribution in [0.5, 0.6) is 0 Å². The molecule has 0 saturated carbocycles. The first kappa shape index (κ1) is 16.0. The van der Waals surface area contributed by atoms with Gasteiger partial charge in [0.05, 0.1) is 0 Å². The van der Waals surface area contributed by atoms with Gasteiger partial charge in [0.2, 0.25) is 5.91 Å². The summed E-state index contributed by atoms with van der Waals surface area (Å²) < 4.78 is 0. The highest BCUT2D eigenvalue weighted by Gasteiger charge is 2.12. The highest BCUT2D eigenvalue weighted by molar-refractivity contribution is 6.01. The molecule has 2 nitrogen and oxygen atoms in total. The highest BCUT2D eigenvalue weighted by atomic mass is 16.1. The Hall–Kier alpha value is -2.35. The Bertz CT molecular complexity index is 658. The Morgan fingerprint density at radius 3 is 2.09 bits per heavy atom. The second-order valence-electron chi connectivity index (χ2n) is 6.56. The fourth-order valence-electron chi connectivity index (χ4n) is 2.09. The average molecular weight is 293 g/mol. The van der Waals surface area contributed by atoms with Gasteiger partial charge in [0.15, 0.2) is 0 Å². The molecule has 2 heteroatoms. The zero-order valence-electron chi connectivity index (χ0n) is 13.7. The maximum absolute atomic E-state index is 11.9. The molecular formula is C20H23NO. The molecule has 1 amide bonds. The summed E-state index contributed by atoms with van der Waals surface area (Å²) in [6.07, 6.45) is 3.39. The zero-order valence-corrected chi connectivity index (χ0v) is 13.7. The summed E-state index contributed by atoms with van der Waals surface area (Å²) >= 11 is 0. The van der Waals surface area contributed by atoms with Crippen LogP contribution in [0, 0.1) is 6.92 Å². The number of aryl methyl sites for hydroxylation is 1. The topological polar surface area (TPSA) is 29.1 Å². The summed E-state index contributed by atoms with van der Waals surface area (Å²) in [4.78, 5) is 11.9. The van der Waals surface area contributed by atoms with Crippen LogP contribution < -0.4 is 5.32 Å². The van der Waals surface area contributed by atoms with Gasteiger partial charge in [-0.2, -0.15) is 0 Å².